The molecule has 27 heavy (non-hydrogen) atoms. The summed E-state index contributed by atoms with van der Waals surface area (Å²) in [4.78, 5) is 31.2. The van der Waals surface area contributed by atoms with Gasteiger partial charge in [0.2, 0.25) is 5.91 Å². The molecule has 1 aromatic carbocycles. The number of thioether (sulfide) groups is 1. The number of fused-ring (bicyclic) bond motifs is 1. The largest absolute Gasteiger partial charge is 0.349 e. The van der Waals surface area contributed by atoms with Crippen molar-refractivity contribution in [1.29, 1.82) is 0 Å². The van der Waals surface area contributed by atoms with E-state index >= 15 is 0 Å². The van der Waals surface area contributed by atoms with Crippen LogP contribution in [0.5, 0.6) is 0 Å². The van der Waals surface area contributed by atoms with Crippen LogP contribution in [0.2, 0.25) is 0 Å². The van der Waals surface area contributed by atoms with Crippen molar-refractivity contribution in [2.45, 2.75) is 32.0 Å². The number of nitrogens with one attached hydrogen (secondary N) is 1. The lowest BCUT2D eigenvalue weighted by molar-refractivity contribution is -0.119. The van der Waals surface area contributed by atoms with Gasteiger partial charge in [0.15, 0.2) is 5.16 Å². The van der Waals surface area contributed by atoms with Crippen LogP contribution in [0.3, 0.4) is 0 Å². The van der Waals surface area contributed by atoms with Gasteiger partial charge in [-0.15, -0.1) is 11.3 Å². The third-order valence-corrected chi connectivity index (χ3v) is 6.58. The van der Waals surface area contributed by atoms with Gasteiger partial charge < -0.3 is 5.32 Å². The summed E-state index contributed by atoms with van der Waals surface area (Å²) >= 11 is 2.72. The molecule has 8 heteroatoms. The Bertz CT molecular complexity index is 1060. The Labute approximate surface area is 164 Å². The zero-order chi connectivity index (χ0) is 19.7. The van der Waals surface area contributed by atoms with Crippen LogP contribution >= 0.6 is 23.1 Å². The second-order valence-electron chi connectivity index (χ2n) is 6.35. The topological polar surface area (TPSA) is 64.0 Å². The SMILES string of the molecule is Cc1sc2nc(SCC(=O)NC(C)c3ccc(F)cc3)n(C)c(=O)c2c1C. The van der Waals surface area contributed by atoms with E-state index in [0.29, 0.717) is 15.4 Å². The molecule has 0 spiro atoms. The van der Waals surface area contributed by atoms with Crippen molar-refractivity contribution < 1.29 is 9.18 Å². The van der Waals surface area contributed by atoms with Gasteiger partial charge >= 0.3 is 0 Å². The molecule has 2 heterocycles. The van der Waals surface area contributed by atoms with Crippen molar-refractivity contribution >= 4 is 39.2 Å². The first-order valence-electron chi connectivity index (χ1n) is 8.42. The molecule has 2 aromatic heterocycles. The number of amides is 1. The number of halogens is 1. The Hall–Kier alpha value is -2.19. The Morgan fingerprint density at radius 2 is 2.00 bits per heavy atom. The van der Waals surface area contributed by atoms with Gasteiger partial charge in [0.05, 0.1) is 17.2 Å². The van der Waals surface area contributed by atoms with E-state index in [1.54, 1.807) is 19.2 Å². The van der Waals surface area contributed by atoms with Crippen LogP contribution < -0.4 is 10.9 Å². The number of carbonyl (C=O) groups is 1. The van der Waals surface area contributed by atoms with Crippen molar-refractivity contribution in [3.05, 3.63) is 56.4 Å². The van der Waals surface area contributed by atoms with Gasteiger partial charge in [-0.2, -0.15) is 0 Å². The lowest BCUT2D eigenvalue weighted by Crippen LogP contribution is -2.28. The number of thiophene rings is 1. The molecule has 0 aliphatic carbocycles. The maximum absolute atomic E-state index is 13.0. The second-order valence-corrected chi connectivity index (χ2v) is 8.50. The average molecular weight is 406 g/mol. The van der Waals surface area contributed by atoms with Gasteiger partial charge in [-0.05, 0) is 44.0 Å². The van der Waals surface area contributed by atoms with Crippen molar-refractivity contribution in [2.24, 2.45) is 7.05 Å². The molecule has 5 nitrogen and oxygen atoms in total. The third kappa shape index (κ3) is 4.06. The smallest absolute Gasteiger partial charge is 0.262 e. The summed E-state index contributed by atoms with van der Waals surface area (Å²) in [5.41, 5.74) is 1.70. The fourth-order valence-corrected chi connectivity index (χ4v) is 4.59. The first kappa shape index (κ1) is 19.6. The third-order valence-electron chi connectivity index (χ3n) is 4.45. The highest BCUT2D eigenvalue weighted by Gasteiger charge is 2.16. The van der Waals surface area contributed by atoms with Crippen LogP contribution in [0, 0.1) is 19.7 Å². The summed E-state index contributed by atoms with van der Waals surface area (Å²) in [6.07, 6.45) is 0. The Morgan fingerprint density at radius 3 is 2.67 bits per heavy atom. The van der Waals surface area contributed by atoms with E-state index in [-0.39, 0.29) is 29.1 Å². The highest BCUT2D eigenvalue weighted by atomic mass is 32.2. The summed E-state index contributed by atoms with van der Waals surface area (Å²) in [6.45, 7) is 5.74. The number of carbonyl (C=O) groups excluding carboxylic acids is 1. The number of hydrogen-bond donors (Lipinski definition) is 1. The highest BCUT2D eigenvalue weighted by molar-refractivity contribution is 7.99. The van der Waals surface area contributed by atoms with E-state index in [0.717, 1.165) is 16.0 Å². The first-order chi connectivity index (χ1) is 12.8. The standard InChI is InChI=1S/C19H20FN3O2S2/c1-10-12(3)27-17-16(10)18(25)23(4)19(22-17)26-9-15(24)21-11(2)13-5-7-14(20)8-6-13/h5-8,11H,9H2,1-4H3,(H,21,24). The molecule has 0 aliphatic rings. The maximum Gasteiger partial charge on any atom is 0.262 e. The number of aromatic nitrogens is 2. The molecule has 0 fully saturated rings. The van der Waals surface area contributed by atoms with E-state index in [1.807, 2.05) is 20.8 Å². The monoisotopic (exact) mass is 405 g/mol. The summed E-state index contributed by atoms with van der Waals surface area (Å²) in [6, 6.07) is 5.79. The van der Waals surface area contributed by atoms with Gasteiger partial charge in [0, 0.05) is 11.9 Å². The first-order valence-corrected chi connectivity index (χ1v) is 10.2. The molecule has 1 amide bonds. The molecule has 3 rings (SSSR count). The van der Waals surface area contributed by atoms with Gasteiger partial charge in [-0.25, -0.2) is 9.37 Å². The zero-order valence-corrected chi connectivity index (χ0v) is 17.1. The summed E-state index contributed by atoms with van der Waals surface area (Å²) in [5, 5.41) is 4.04. The van der Waals surface area contributed by atoms with Crippen LogP contribution in [-0.2, 0) is 11.8 Å². The molecule has 0 saturated carbocycles. The predicted molar refractivity (Wildman–Crippen MR) is 108 cm³/mol. The molecule has 0 radical (unpaired) electrons. The highest BCUT2D eigenvalue weighted by Crippen LogP contribution is 2.28. The maximum atomic E-state index is 13.0. The average Bonchev–Trinajstić information content (AvgIpc) is 2.91. The van der Waals surface area contributed by atoms with Crippen LogP contribution in [0.15, 0.2) is 34.2 Å². The van der Waals surface area contributed by atoms with Gasteiger partial charge in [0.1, 0.15) is 10.6 Å². The van der Waals surface area contributed by atoms with Crippen LogP contribution in [-0.4, -0.2) is 21.2 Å². The summed E-state index contributed by atoms with van der Waals surface area (Å²) in [7, 11) is 1.67. The molecule has 1 unspecified atom stereocenters. The number of rotatable bonds is 5. The predicted octanol–water partition coefficient (Wildman–Crippen LogP) is 3.72. The van der Waals surface area contributed by atoms with Gasteiger partial charge in [-0.1, -0.05) is 23.9 Å². The summed E-state index contributed by atoms with van der Waals surface area (Å²) < 4.78 is 14.5. The quantitative estimate of drug-likeness (QED) is 0.519. The van der Waals surface area contributed by atoms with Gasteiger partial charge in [-0.3, -0.25) is 14.2 Å². The normalized spacial score (nSPS) is 12.3. The minimum atomic E-state index is -0.311. The lowest BCUT2D eigenvalue weighted by Gasteiger charge is -2.14. The zero-order valence-electron chi connectivity index (χ0n) is 15.5. The number of aryl methyl sites for hydroxylation is 2. The van der Waals surface area contributed by atoms with Crippen molar-refractivity contribution in [3.63, 3.8) is 0 Å². The number of nitrogens with zero attached hydrogens (tertiary/aromatic N) is 2. The second kappa shape index (κ2) is 7.82. The van der Waals surface area contributed by atoms with E-state index < -0.39 is 0 Å². The van der Waals surface area contributed by atoms with Crippen molar-refractivity contribution in [1.82, 2.24) is 14.9 Å². The van der Waals surface area contributed by atoms with Gasteiger partial charge in [0.25, 0.3) is 5.56 Å². The molecule has 0 bridgehead atoms. The number of benzene rings is 1. The van der Waals surface area contributed by atoms with E-state index in [9.17, 15) is 14.0 Å². The molecule has 0 aliphatic heterocycles. The molecule has 0 saturated heterocycles. The molecular weight excluding hydrogens is 385 g/mol. The lowest BCUT2D eigenvalue weighted by atomic mass is 10.1. The van der Waals surface area contributed by atoms with E-state index in [1.165, 1.54) is 39.8 Å². The van der Waals surface area contributed by atoms with Crippen LogP contribution in [0.1, 0.15) is 29.0 Å². The van der Waals surface area contributed by atoms with E-state index in [2.05, 4.69) is 10.3 Å². The Balaban J connectivity index is 1.71. The Kier molecular flexibility index (Phi) is 5.67. The number of hydrogen-bond acceptors (Lipinski definition) is 5. The molecule has 1 N–H and O–H groups in total. The van der Waals surface area contributed by atoms with Crippen LogP contribution in [0.4, 0.5) is 4.39 Å². The van der Waals surface area contributed by atoms with Crippen molar-refractivity contribution in [2.75, 3.05) is 5.75 Å². The van der Waals surface area contributed by atoms with Crippen molar-refractivity contribution in [3.8, 4) is 0 Å². The minimum absolute atomic E-state index is 0.0931. The molecule has 3 aromatic rings. The molecular formula is C19H20FN3O2S2. The van der Waals surface area contributed by atoms with E-state index in [4.69, 9.17) is 0 Å². The molecule has 1 atom stereocenters. The van der Waals surface area contributed by atoms with Crippen LogP contribution in [0.25, 0.3) is 10.2 Å². The fourth-order valence-electron chi connectivity index (χ4n) is 2.73. The minimum Gasteiger partial charge on any atom is -0.349 e. The Morgan fingerprint density at radius 1 is 1.33 bits per heavy atom. The fraction of sp³-hybridized carbons (Fsp3) is 0.316. The summed E-state index contributed by atoms with van der Waals surface area (Å²) in [5.74, 6) is -0.348. The molecule has 142 valence electrons.